The van der Waals surface area contributed by atoms with Crippen molar-refractivity contribution in [3.63, 3.8) is 0 Å². The van der Waals surface area contributed by atoms with Gasteiger partial charge in [0.05, 0.1) is 12.7 Å². The second kappa shape index (κ2) is 11.4. The van der Waals surface area contributed by atoms with Crippen LogP contribution in [0, 0.1) is 18.5 Å². The zero-order valence-corrected chi connectivity index (χ0v) is 28.1. The molecule has 0 N–H and O–H groups in total. The molecule has 0 fully saturated rings. The van der Waals surface area contributed by atoms with Gasteiger partial charge < -0.3 is 18.3 Å². The molecule has 0 atom stereocenters. The van der Waals surface area contributed by atoms with Crippen molar-refractivity contribution < 1.29 is 30.5 Å². The summed E-state index contributed by atoms with van der Waals surface area (Å²) < 4.78 is 14.3. The van der Waals surface area contributed by atoms with Gasteiger partial charge in [0.2, 0.25) is 12.1 Å². The number of rotatable bonds is 5. The topological polar surface area (TPSA) is 53.2 Å². The van der Waals surface area contributed by atoms with Gasteiger partial charge in [0, 0.05) is 56.2 Å². The standard InChI is InChI=1S/C38H30N6O.Pt/c1-38(2,3)27-19-20-39-36(22-27)44-33-16-9-8-15-31(33)32-18-17-30(23-34(32)44)45-29-14-10-11-26(21-29)35-24-42(28-12-6-5-7-13-28)37-40-41(4)25-43(35)37;/h5-20,22,24H,1-4H3;/q-2;. The van der Waals surface area contributed by atoms with Crippen molar-refractivity contribution in [2.24, 2.45) is 7.05 Å². The number of nitrogens with zero attached hydrogens (tertiary/aromatic N) is 6. The fourth-order valence-electron chi connectivity index (χ4n) is 5.87. The van der Waals surface area contributed by atoms with E-state index >= 15 is 0 Å². The van der Waals surface area contributed by atoms with Crippen LogP contribution in [-0.4, -0.2) is 23.6 Å². The molecule has 4 aromatic heterocycles. The van der Waals surface area contributed by atoms with E-state index in [9.17, 15) is 0 Å². The fraction of sp³-hybridized carbons (Fsp3) is 0.132. The van der Waals surface area contributed by atoms with Gasteiger partial charge in [-0.15, -0.1) is 41.3 Å². The smallest absolute Gasteiger partial charge is 0.238 e. The first-order chi connectivity index (χ1) is 21.8. The predicted molar refractivity (Wildman–Crippen MR) is 175 cm³/mol. The van der Waals surface area contributed by atoms with E-state index in [-0.39, 0.29) is 26.5 Å². The average Bonchev–Trinajstić information content (AvgIpc) is 3.70. The van der Waals surface area contributed by atoms with E-state index in [1.807, 2.05) is 60.1 Å². The summed E-state index contributed by atoms with van der Waals surface area (Å²) in [5.41, 5.74) is 5.97. The van der Waals surface area contributed by atoms with Gasteiger partial charge in [-0.25, -0.2) is 4.98 Å². The Morgan fingerprint density at radius 2 is 1.59 bits per heavy atom. The maximum absolute atomic E-state index is 6.43. The van der Waals surface area contributed by atoms with E-state index in [0.29, 0.717) is 11.5 Å². The largest absolute Gasteiger partial charge is 0.503 e. The summed E-state index contributed by atoms with van der Waals surface area (Å²) in [6.07, 6.45) is 7.22. The van der Waals surface area contributed by atoms with Gasteiger partial charge in [-0.05, 0) is 46.7 Å². The second-order valence-corrected chi connectivity index (χ2v) is 12.2. The zero-order valence-electron chi connectivity index (χ0n) is 25.8. The summed E-state index contributed by atoms with van der Waals surface area (Å²) in [5.74, 6) is 2.80. The van der Waals surface area contributed by atoms with E-state index in [0.717, 1.165) is 50.3 Å². The molecule has 0 aliphatic rings. The first-order valence-corrected chi connectivity index (χ1v) is 14.9. The predicted octanol–water partition coefficient (Wildman–Crippen LogP) is 7.60. The molecule has 0 bridgehead atoms. The van der Waals surface area contributed by atoms with Crippen molar-refractivity contribution in [2.75, 3.05) is 0 Å². The van der Waals surface area contributed by atoms with Crippen LogP contribution >= 0.6 is 0 Å². The molecule has 8 rings (SSSR count). The van der Waals surface area contributed by atoms with E-state index in [2.05, 4.69) is 114 Å². The summed E-state index contributed by atoms with van der Waals surface area (Å²) in [6.45, 7) is 6.65. The second-order valence-electron chi connectivity index (χ2n) is 12.2. The number of aryl methyl sites for hydroxylation is 1. The number of imidazole rings is 1. The molecule has 4 aromatic carbocycles. The summed E-state index contributed by atoms with van der Waals surface area (Å²) >= 11 is 0. The SMILES string of the molecule is C[n+]1[c-]n2c(-c3[c-]c(Oc4[c-]c5c(cc4)c4ccccc4n5-c4cc(C(C)(C)C)ccn4)ccc3)cn(-c3ccccc3)c2n1.[Pt]. The van der Waals surface area contributed by atoms with Gasteiger partial charge in [-0.1, -0.05) is 73.9 Å². The fourth-order valence-corrected chi connectivity index (χ4v) is 5.87. The number of hydrogen-bond donors (Lipinski definition) is 0. The van der Waals surface area contributed by atoms with Crippen LogP contribution < -0.4 is 9.42 Å². The molecule has 0 aliphatic heterocycles. The number of aromatic nitrogens is 6. The Labute approximate surface area is 281 Å². The van der Waals surface area contributed by atoms with Crippen molar-refractivity contribution in [1.29, 1.82) is 0 Å². The Hall–Kier alpha value is -5.00. The van der Waals surface area contributed by atoms with Crippen LogP contribution in [0.5, 0.6) is 11.5 Å². The van der Waals surface area contributed by atoms with Crippen LogP contribution in [0.4, 0.5) is 0 Å². The van der Waals surface area contributed by atoms with E-state index in [1.165, 1.54) is 5.56 Å². The molecular formula is C38H30N6OPt-2. The third-order valence-corrected chi connectivity index (χ3v) is 8.09. The minimum absolute atomic E-state index is 0. The molecule has 0 saturated heterocycles. The Kier molecular flexibility index (Phi) is 7.37. The number of para-hydroxylation sites is 2. The molecule has 0 amide bonds. The number of ether oxygens (including phenoxy) is 1. The summed E-state index contributed by atoms with van der Waals surface area (Å²) in [7, 11) is 1.87. The first kappa shape index (κ1) is 29.7. The Bertz CT molecular complexity index is 2360. The van der Waals surface area contributed by atoms with Crippen LogP contribution in [0.15, 0.2) is 109 Å². The molecule has 0 aliphatic carbocycles. The van der Waals surface area contributed by atoms with Crippen molar-refractivity contribution in [3.8, 4) is 34.3 Å². The maximum Gasteiger partial charge on any atom is 0.238 e. The van der Waals surface area contributed by atoms with E-state index in [4.69, 9.17) is 9.72 Å². The molecule has 8 heteroatoms. The van der Waals surface area contributed by atoms with Crippen LogP contribution in [0.3, 0.4) is 0 Å². The minimum Gasteiger partial charge on any atom is -0.503 e. The molecule has 4 heterocycles. The van der Waals surface area contributed by atoms with E-state index < -0.39 is 0 Å². The van der Waals surface area contributed by atoms with Gasteiger partial charge in [0.15, 0.2) is 0 Å². The van der Waals surface area contributed by atoms with E-state index in [1.54, 1.807) is 4.68 Å². The summed E-state index contributed by atoms with van der Waals surface area (Å²) in [5, 5.41) is 6.89. The Morgan fingerprint density at radius 3 is 2.41 bits per heavy atom. The maximum atomic E-state index is 6.43. The number of pyridine rings is 1. The van der Waals surface area contributed by atoms with Gasteiger partial charge in [-0.2, -0.15) is 10.7 Å². The van der Waals surface area contributed by atoms with Crippen LogP contribution in [0.2, 0.25) is 0 Å². The molecule has 8 aromatic rings. The van der Waals surface area contributed by atoms with Gasteiger partial charge >= 0.3 is 0 Å². The third-order valence-electron chi connectivity index (χ3n) is 8.09. The van der Waals surface area contributed by atoms with Crippen LogP contribution in [0.1, 0.15) is 26.3 Å². The monoisotopic (exact) mass is 781 g/mol. The first-order valence-electron chi connectivity index (χ1n) is 14.9. The van der Waals surface area contributed by atoms with Crippen molar-refractivity contribution >= 4 is 27.6 Å². The zero-order chi connectivity index (χ0) is 30.7. The molecule has 0 radical (unpaired) electrons. The molecular weight excluding hydrogens is 752 g/mol. The minimum atomic E-state index is -0.00516. The molecule has 7 nitrogen and oxygen atoms in total. The van der Waals surface area contributed by atoms with Gasteiger partial charge in [0.1, 0.15) is 5.82 Å². The van der Waals surface area contributed by atoms with Crippen molar-refractivity contribution in [1.82, 2.24) is 23.6 Å². The van der Waals surface area contributed by atoms with Crippen molar-refractivity contribution in [2.45, 2.75) is 26.2 Å². The number of fused-ring (bicyclic) bond motifs is 4. The third kappa shape index (κ3) is 5.11. The number of hydrogen-bond acceptors (Lipinski definition) is 3. The molecule has 46 heavy (non-hydrogen) atoms. The normalized spacial score (nSPS) is 11.7. The summed E-state index contributed by atoms with van der Waals surface area (Å²) in [4.78, 5) is 4.79. The Morgan fingerprint density at radius 1 is 0.804 bits per heavy atom. The van der Waals surface area contributed by atoms with Crippen LogP contribution in [0.25, 0.3) is 50.3 Å². The molecule has 230 valence electrons. The van der Waals surface area contributed by atoms with Gasteiger partial charge in [-0.3, -0.25) is 0 Å². The molecule has 0 spiro atoms. The quantitative estimate of drug-likeness (QED) is 0.134. The summed E-state index contributed by atoms with van der Waals surface area (Å²) in [6, 6.07) is 39.8. The Balaban J connectivity index is 0.00000338. The average molecular weight is 782 g/mol. The molecule has 0 unspecified atom stereocenters. The number of benzene rings is 4. The molecule has 0 saturated carbocycles. The van der Waals surface area contributed by atoms with Crippen molar-refractivity contribution in [3.05, 3.63) is 133 Å². The van der Waals surface area contributed by atoms with Crippen LogP contribution in [-0.2, 0) is 33.5 Å². The van der Waals surface area contributed by atoms with Gasteiger partial charge in [0.25, 0.3) is 0 Å².